The van der Waals surface area contributed by atoms with Gasteiger partial charge in [-0.25, -0.2) is 0 Å². The van der Waals surface area contributed by atoms with Crippen LogP contribution < -0.4 is 0 Å². The summed E-state index contributed by atoms with van der Waals surface area (Å²) in [6, 6.07) is 10.3. The van der Waals surface area contributed by atoms with Gasteiger partial charge in [-0.1, -0.05) is 28.1 Å². The lowest BCUT2D eigenvalue weighted by molar-refractivity contribution is 0.0724. The Morgan fingerprint density at radius 2 is 2.11 bits per heavy atom. The second kappa shape index (κ2) is 6.96. The first-order valence-corrected chi connectivity index (χ1v) is 9.84. The van der Waals surface area contributed by atoms with E-state index in [9.17, 15) is 4.79 Å². The van der Waals surface area contributed by atoms with Crippen LogP contribution in [0.2, 0.25) is 0 Å². The van der Waals surface area contributed by atoms with Gasteiger partial charge in [0, 0.05) is 35.4 Å². The Balaban J connectivity index is 1.60. The number of carbonyl (C=O) groups excluding carboxylic acids is 1. The van der Waals surface area contributed by atoms with Crippen molar-refractivity contribution in [3.8, 4) is 11.3 Å². The normalized spacial score (nSPS) is 13.8. The molecule has 0 saturated heterocycles. The van der Waals surface area contributed by atoms with Crippen molar-refractivity contribution in [3.05, 3.63) is 57.4 Å². The lowest BCUT2D eigenvalue weighted by Gasteiger charge is -2.22. The van der Waals surface area contributed by atoms with Gasteiger partial charge >= 0.3 is 0 Å². The number of carbonyl (C=O) groups is 1. The SMILES string of the molecule is Cc1nn(C)c(C)c1-c1cc(C(=O)N(Cc2cccc(Br)c2)C2CC2)[nH]n1. The molecular weight excluding hydrogens is 406 g/mol. The van der Waals surface area contributed by atoms with Crippen LogP contribution in [0.5, 0.6) is 0 Å². The maximum Gasteiger partial charge on any atom is 0.272 e. The predicted octanol–water partition coefficient (Wildman–Crippen LogP) is 3.99. The first-order valence-electron chi connectivity index (χ1n) is 9.05. The second-order valence-corrected chi connectivity index (χ2v) is 8.05. The first-order chi connectivity index (χ1) is 12.9. The summed E-state index contributed by atoms with van der Waals surface area (Å²) in [5.41, 5.74) is 5.33. The van der Waals surface area contributed by atoms with Crippen LogP contribution in [0.25, 0.3) is 11.3 Å². The topological polar surface area (TPSA) is 66.8 Å². The summed E-state index contributed by atoms with van der Waals surface area (Å²) in [6.07, 6.45) is 2.11. The van der Waals surface area contributed by atoms with Crippen molar-refractivity contribution in [1.29, 1.82) is 0 Å². The molecule has 0 atom stereocenters. The summed E-state index contributed by atoms with van der Waals surface area (Å²) < 4.78 is 2.86. The van der Waals surface area contributed by atoms with E-state index in [1.54, 1.807) is 0 Å². The van der Waals surface area contributed by atoms with Crippen molar-refractivity contribution in [2.75, 3.05) is 0 Å². The molecule has 1 amide bonds. The van der Waals surface area contributed by atoms with E-state index in [0.717, 1.165) is 45.5 Å². The quantitative estimate of drug-likeness (QED) is 0.668. The van der Waals surface area contributed by atoms with E-state index in [2.05, 4.69) is 37.3 Å². The zero-order valence-electron chi connectivity index (χ0n) is 15.7. The minimum absolute atomic E-state index is 0.00424. The minimum atomic E-state index is -0.00424. The molecule has 27 heavy (non-hydrogen) atoms. The molecule has 2 aromatic heterocycles. The van der Waals surface area contributed by atoms with E-state index in [0.29, 0.717) is 18.3 Å². The maximum atomic E-state index is 13.2. The molecule has 0 unspecified atom stereocenters. The summed E-state index contributed by atoms with van der Waals surface area (Å²) in [5, 5.41) is 11.8. The fourth-order valence-electron chi connectivity index (χ4n) is 3.44. The number of aromatic nitrogens is 4. The third-order valence-corrected chi connectivity index (χ3v) is 5.56. The summed E-state index contributed by atoms with van der Waals surface area (Å²) in [5.74, 6) is -0.00424. The molecule has 0 spiro atoms. The number of amides is 1. The van der Waals surface area contributed by atoms with Gasteiger partial charge in [0.1, 0.15) is 5.69 Å². The fraction of sp³-hybridized carbons (Fsp3) is 0.350. The Hall–Kier alpha value is -2.41. The van der Waals surface area contributed by atoms with Gasteiger partial charge in [-0.05, 0) is 50.5 Å². The number of hydrogen-bond acceptors (Lipinski definition) is 3. The summed E-state index contributed by atoms with van der Waals surface area (Å²) >= 11 is 3.50. The molecule has 140 valence electrons. The van der Waals surface area contributed by atoms with Gasteiger partial charge in [0.15, 0.2) is 0 Å². The second-order valence-electron chi connectivity index (χ2n) is 7.13. The lowest BCUT2D eigenvalue weighted by Crippen LogP contribution is -2.32. The van der Waals surface area contributed by atoms with E-state index in [-0.39, 0.29) is 5.91 Å². The highest BCUT2D eigenvalue weighted by Crippen LogP contribution is 2.31. The molecule has 0 bridgehead atoms. The number of H-pyrrole nitrogens is 1. The molecule has 3 aromatic rings. The van der Waals surface area contributed by atoms with Crippen molar-refractivity contribution in [2.24, 2.45) is 7.05 Å². The Morgan fingerprint density at radius 3 is 2.74 bits per heavy atom. The number of aryl methyl sites for hydroxylation is 2. The Labute approximate surface area is 166 Å². The molecule has 1 N–H and O–H groups in total. The van der Waals surface area contributed by atoms with Crippen molar-refractivity contribution < 1.29 is 4.79 Å². The van der Waals surface area contributed by atoms with E-state index in [1.165, 1.54) is 0 Å². The van der Waals surface area contributed by atoms with Gasteiger partial charge in [0.25, 0.3) is 5.91 Å². The largest absolute Gasteiger partial charge is 0.330 e. The molecule has 1 aliphatic carbocycles. The van der Waals surface area contributed by atoms with Crippen LogP contribution >= 0.6 is 15.9 Å². The fourth-order valence-corrected chi connectivity index (χ4v) is 3.89. The highest BCUT2D eigenvalue weighted by atomic mass is 79.9. The number of rotatable bonds is 5. The van der Waals surface area contributed by atoms with Crippen LogP contribution in [0, 0.1) is 13.8 Å². The molecule has 6 nitrogen and oxygen atoms in total. The van der Waals surface area contributed by atoms with Gasteiger partial charge in [-0.15, -0.1) is 0 Å². The van der Waals surface area contributed by atoms with Gasteiger partial charge < -0.3 is 4.90 Å². The molecule has 0 radical (unpaired) electrons. The van der Waals surface area contributed by atoms with Crippen molar-refractivity contribution >= 4 is 21.8 Å². The van der Waals surface area contributed by atoms with Crippen LogP contribution in [0.4, 0.5) is 0 Å². The number of hydrogen-bond donors (Lipinski definition) is 1. The van der Waals surface area contributed by atoms with Gasteiger partial charge in [0.2, 0.25) is 0 Å². The minimum Gasteiger partial charge on any atom is -0.330 e. The number of nitrogens with one attached hydrogen (secondary N) is 1. The summed E-state index contributed by atoms with van der Waals surface area (Å²) in [4.78, 5) is 15.1. The van der Waals surface area contributed by atoms with Crippen molar-refractivity contribution in [3.63, 3.8) is 0 Å². The molecule has 1 saturated carbocycles. The number of nitrogens with zero attached hydrogens (tertiary/aromatic N) is 4. The first kappa shape index (κ1) is 18.0. The van der Waals surface area contributed by atoms with Gasteiger partial charge in [-0.2, -0.15) is 10.2 Å². The monoisotopic (exact) mass is 427 g/mol. The highest BCUT2D eigenvalue weighted by molar-refractivity contribution is 9.10. The van der Waals surface area contributed by atoms with E-state index >= 15 is 0 Å². The third kappa shape index (κ3) is 3.56. The van der Waals surface area contributed by atoms with E-state index < -0.39 is 0 Å². The van der Waals surface area contributed by atoms with Gasteiger partial charge in [-0.3, -0.25) is 14.6 Å². The molecule has 2 heterocycles. The maximum absolute atomic E-state index is 13.2. The molecule has 4 rings (SSSR count). The molecule has 7 heteroatoms. The summed E-state index contributed by atoms with van der Waals surface area (Å²) in [6.45, 7) is 4.57. The van der Waals surface area contributed by atoms with Crippen LogP contribution in [-0.4, -0.2) is 36.8 Å². The lowest BCUT2D eigenvalue weighted by atomic mass is 10.1. The third-order valence-electron chi connectivity index (χ3n) is 5.06. The predicted molar refractivity (Wildman–Crippen MR) is 107 cm³/mol. The Bertz CT molecular complexity index is 1000. The number of halogens is 1. The van der Waals surface area contributed by atoms with E-state index in [4.69, 9.17) is 0 Å². The highest BCUT2D eigenvalue weighted by Gasteiger charge is 2.34. The molecule has 0 aliphatic heterocycles. The van der Waals surface area contributed by atoms with Crippen LogP contribution in [-0.2, 0) is 13.6 Å². The zero-order chi connectivity index (χ0) is 19.1. The number of benzene rings is 1. The average molecular weight is 428 g/mol. The average Bonchev–Trinajstić information content (AvgIpc) is 3.30. The van der Waals surface area contributed by atoms with Crippen molar-refractivity contribution in [2.45, 2.75) is 39.3 Å². The standard InChI is InChI=1S/C20H22BrN5O/c1-12-19(13(2)25(3)24-12)17-10-18(23-22-17)20(27)26(16-7-8-16)11-14-5-4-6-15(21)9-14/h4-6,9-10,16H,7-8,11H2,1-3H3,(H,22,23). The number of aromatic amines is 1. The molecule has 1 aliphatic rings. The molecule has 1 fully saturated rings. The van der Waals surface area contributed by atoms with Crippen molar-refractivity contribution in [1.82, 2.24) is 24.9 Å². The molecule has 1 aromatic carbocycles. The van der Waals surface area contributed by atoms with E-state index in [1.807, 2.05) is 54.7 Å². The van der Waals surface area contributed by atoms with Gasteiger partial charge in [0.05, 0.1) is 11.4 Å². The zero-order valence-corrected chi connectivity index (χ0v) is 17.2. The van der Waals surface area contributed by atoms with Crippen LogP contribution in [0.3, 0.4) is 0 Å². The summed E-state index contributed by atoms with van der Waals surface area (Å²) in [7, 11) is 1.91. The molecular formula is C20H22BrN5O. The smallest absolute Gasteiger partial charge is 0.272 e. The van der Waals surface area contributed by atoms with Crippen LogP contribution in [0.1, 0.15) is 40.3 Å². The van der Waals surface area contributed by atoms with Crippen LogP contribution in [0.15, 0.2) is 34.8 Å². The Kier molecular flexibility index (Phi) is 4.63. The Morgan fingerprint density at radius 1 is 1.33 bits per heavy atom.